The molecule has 0 saturated heterocycles. The van der Waals surface area contributed by atoms with Crippen LogP contribution < -0.4 is 0 Å². The van der Waals surface area contributed by atoms with E-state index in [0.29, 0.717) is 0 Å². The molecule has 2 nitrogen and oxygen atoms in total. The predicted molar refractivity (Wildman–Crippen MR) is 45.7 cm³/mol. The van der Waals surface area contributed by atoms with Crippen LogP contribution in [0, 0.1) is 0 Å². The summed E-state index contributed by atoms with van der Waals surface area (Å²) in [6.45, 7) is 1.96. The molecule has 0 aliphatic heterocycles. The van der Waals surface area contributed by atoms with Crippen molar-refractivity contribution in [1.82, 2.24) is 0 Å². The van der Waals surface area contributed by atoms with Gasteiger partial charge >= 0.3 is 0 Å². The van der Waals surface area contributed by atoms with E-state index in [-0.39, 0.29) is 6.04 Å². The van der Waals surface area contributed by atoms with Crippen LogP contribution in [0.3, 0.4) is 0 Å². The lowest BCUT2D eigenvalue weighted by atomic mass is 10.4. The van der Waals surface area contributed by atoms with Gasteiger partial charge in [0.15, 0.2) is 0 Å². The molecule has 0 bridgehead atoms. The second-order valence-corrected chi connectivity index (χ2v) is 8.44. The molecular formula is C4H10INOS. The molecule has 0 aromatic rings. The lowest BCUT2D eigenvalue weighted by Gasteiger charge is -1.95. The van der Waals surface area contributed by atoms with E-state index in [4.69, 9.17) is 0 Å². The first-order valence-corrected chi connectivity index (χ1v) is 6.79. The minimum absolute atomic E-state index is 0.185. The van der Waals surface area contributed by atoms with Crippen molar-refractivity contribution in [3.8, 4) is 0 Å². The lowest BCUT2D eigenvalue weighted by Crippen LogP contribution is -1.92. The Hall–Kier alpha value is 0.680. The Kier molecular flexibility index (Phi) is 3.26. The van der Waals surface area contributed by atoms with Gasteiger partial charge in [-0.2, -0.15) is 0 Å². The van der Waals surface area contributed by atoms with Crippen molar-refractivity contribution >= 4 is 28.1 Å². The number of rotatable bonds is 1. The molecule has 50 valence electrons. The van der Waals surface area contributed by atoms with Crippen molar-refractivity contribution in [2.24, 2.45) is 4.36 Å². The fourth-order valence-corrected chi connectivity index (χ4v) is 2.49. The highest BCUT2D eigenvalue weighted by molar-refractivity contribution is 14.2. The van der Waals surface area contributed by atoms with Crippen molar-refractivity contribution in [1.29, 1.82) is 0 Å². The van der Waals surface area contributed by atoms with Crippen LogP contribution in [0.2, 0.25) is 0 Å². The highest BCUT2D eigenvalue weighted by Crippen LogP contribution is 2.03. The molecule has 0 aliphatic carbocycles. The Morgan fingerprint density at radius 3 is 2.00 bits per heavy atom. The molecule has 0 heterocycles. The molecule has 4 heteroatoms. The van der Waals surface area contributed by atoms with Gasteiger partial charge in [0.05, 0.1) is 12.9 Å². The van der Waals surface area contributed by atoms with Crippen molar-refractivity contribution in [3.05, 3.63) is 0 Å². The zero-order valence-corrected chi connectivity index (χ0v) is 8.19. The molecule has 0 N–H and O–H groups in total. The minimum atomic E-state index is -1.88. The van der Waals surface area contributed by atoms with Gasteiger partial charge in [-0.3, -0.25) is 0 Å². The monoisotopic (exact) mass is 247 g/mol. The Balaban J connectivity index is 4.19. The maximum Gasteiger partial charge on any atom is 0.0989 e. The third-order valence-corrected chi connectivity index (χ3v) is 1.88. The Morgan fingerprint density at radius 2 is 2.00 bits per heavy atom. The average Bonchev–Trinajstić information content (AvgIpc) is 1.21. The Bertz CT molecular complexity index is 161. The van der Waals surface area contributed by atoms with Crippen molar-refractivity contribution in [2.75, 3.05) is 6.26 Å². The molecule has 0 saturated carbocycles. The summed E-state index contributed by atoms with van der Waals surface area (Å²) in [5, 5.41) is 0. The first-order valence-electron chi connectivity index (χ1n) is 2.32. The molecule has 0 aromatic carbocycles. The second-order valence-electron chi connectivity index (χ2n) is 1.91. The van der Waals surface area contributed by atoms with Gasteiger partial charge in [0.2, 0.25) is 0 Å². The highest BCUT2D eigenvalue weighted by atomic mass is 127. The van der Waals surface area contributed by atoms with E-state index in [1.54, 1.807) is 6.26 Å². The zero-order valence-electron chi connectivity index (χ0n) is 5.22. The second kappa shape index (κ2) is 3.00. The van der Waals surface area contributed by atoms with Gasteiger partial charge in [-0.25, -0.2) is 8.57 Å². The highest BCUT2D eigenvalue weighted by Gasteiger charge is 1.92. The standard InChI is InChI=1S/C4H10INOS/c1-4(2)6-8(3,5)7/h4H,1-3H3. The maximum atomic E-state index is 10.8. The van der Waals surface area contributed by atoms with Gasteiger partial charge in [0.25, 0.3) is 0 Å². The molecule has 1 unspecified atom stereocenters. The molecule has 8 heavy (non-hydrogen) atoms. The number of hydrogen-bond donors (Lipinski definition) is 0. The van der Waals surface area contributed by atoms with Crippen LogP contribution in [0.15, 0.2) is 4.36 Å². The van der Waals surface area contributed by atoms with Gasteiger partial charge in [-0.05, 0) is 13.8 Å². The van der Waals surface area contributed by atoms with Crippen molar-refractivity contribution in [2.45, 2.75) is 19.9 Å². The summed E-state index contributed by atoms with van der Waals surface area (Å²) in [5.74, 6) is 0. The van der Waals surface area contributed by atoms with Crippen LogP contribution in [0.5, 0.6) is 0 Å². The van der Waals surface area contributed by atoms with Crippen LogP contribution in [-0.4, -0.2) is 16.5 Å². The molecule has 0 spiro atoms. The zero-order chi connectivity index (χ0) is 6.78. The molecule has 0 radical (unpaired) electrons. The van der Waals surface area contributed by atoms with Gasteiger partial charge in [0, 0.05) is 27.5 Å². The smallest absolute Gasteiger partial charge is 0.0989 e. The Morgan fingerprint density at radius 1 is 1.62 bits per heavy atom. The average molecular weight is 247 g/mol. The summed E-state index contributed by atoms with van der Waals surface area (Å²) in [6, 6.07) is 0.185. The van der Waals surface area contributed by atoms with E-state index < -0.39 is 6.90 Å². The van der Waals surface area contributed by atoms with Crippen LogP contribution in [0.4, 0.5) is 0 Å². The molecule has 0 aliphatic rings. The van der Waals surface area contributed by atoms with Crippen molar-refractivity contribution < 1.29 is 4.21 Å². The fourth-order valence-electron chi connectivity index (χ4n) is 0.377. The van der Waals surface area contributed by atoms with Gasteiger partial charge < -0.3 is 0 Å². The van der Waals surface area contributed by atoms with Gasteiger partial charge in [-0.15, -0.1) is 0 Å². The minimum Gasteiger partial charge on any atom is -0.240 e. The van der Waals surface area contributed by atoms with E-state index in [2.05, 4.69) is 4.36 Å². The van der Waals surface area contributed by atoms with Crippen LogP contribution in [0.1, 0.15) is 13.8 Å². The summed E-state index contributed by atoms with van der Waals surface area (Å²) < 4.78 is 14.7. The molecule has 0 amide bonds. The Labute approximate surface area is 62.8 Å². The topological polar surface area (TPSA) is 29.4 Å². The molecule has 0 fully saturated rings. The quantitative estimate of drug-likeness (QED) is 0.513. The maximum absolute atomic E-state index is 10.8. The van der Waals surface area contributed by atoms with E-state index in [1.807, 2.05) is 35.1 Å². The summed E-state index contributed by atoms with van der Waals surface area (Å²) in [6.07, 6.45) is 1.63. The first kappa shape index (κ1) is 8.68. The normalized spacial score (nSPS) is 18.1. The van der Waals surface area contributed by atoms with Crippen LogP contribution in [0.25, 0.3) is 0 Å². The van der Waals surface area contributed by atoms with E-state index >= 15 is 0 Å². The third kappa shape index (κ3) is 6.68. The van der Waals surface area contributed by atoms with E-state index in [1.165, 1.54) is 0 Å². The molecule has 0 aromatic heterocycles. The van der Waals surface area contributed by atoms with E-state index in [9.17, 15) is 4.21 Å². The largest absolute Gasteiger partial charge is 0.240 e. The molecule has 1 atom stereocenters. The van der Waals surface area contributed by atoms with Gasteiger partial charge in [0.1, 0.15) is 0 Å². The summed E-state index contributed by atoms with van der Waals surface area (Å²) >= 11 is 1.85. The first-order chi connectivity index (χ1) is 3.42. The molecule has 0 rings (SSSR count). The number of hydrogen-bond acceptors (Lipinski definition) is 2. The van der Waals surface area contributed by atoms with Crippen molar-refractivity contribution in [3.63, 3.8) is 0 Å². The fraction of sp³-hybridized carbons (Fsp3) is 1.00. The number of nitrogens with zero attached hydrogens (tertiary/aromatic N) is 1. The summed E-state index contributed by atoms with van der Waals surface area (Å²) in [4.78, 5) is 0. The number of halogens is 1. The molecular weight excluding hydrogens is 237 g/mol. The van der Waals surface area contributed by atoms with Gasteiger partial charge in [-0.1, -0.05) is 0 Å². The predicted octanol–water partition coefficient (Wildman–Crippen LogP) is 1.84. The summed E-state index contributed by atoms with van der Waals surface area (Å²) in [7, 11) is 0. The summed E-state index contributed by atoms with van der Waals surface area (Å²) in [5.41, 5.74) is 0. The SMILES string of the molecule is CC(C)N=S(C)(=O)I. The lowest BCUT2D eigenvalue weighted by molar-refractivity contribution is 0.685. The van der Waals surface area contributed by atoms with Crippen LogP contribution >= 0.6 is 21.2 Å². The van der Waals surface area contributed by atoms with Crippen LogP contribution in [-0.2, 0) is 6.90 Å². The van der Waals surface area contributed by atoms with E-state index in [0.717, 1.165) is 0 Å². The third-order valence-electron chi connectivity index (χ3n) is 0.399.